The molecule has 23 heavy (non-hydrogen) atoms. The molecule has 0 unspecified atom stereocenters. The fourth-order valence-corrected chi connectivity index (χ4v) is 3.78. The summed E-state index contributed by atoms with van der Waals surface area (Å²) in [5, 5.41) is 10.4. The van der Waals surface area contributed by atoms with Crippen molar-refractivity contribution >= 4 is 5.91 Å². The first kappa shape index (κ1) is 16.5. The van der Waals surface area contributed by atoms with Crippen LogP contribution in [0.15, 0.2) is 0 Å². The summed E-state index contributed by atoms with van der Waals surface area (Å²) in [6, 6.07) is 0.167. The fourth-order valence-electron chi connectivity index (χ4n) is 3.78. The van der Waals surface area contributed by atoms with Crippen molar-refractivity contribution in [1.29, 1.82) is 0 Å². The van der Waals surface area contributed by atoms with Crippen LogP contribution >= 0.6 is 0 Å². The normalized spacial score (nSPS) is 26.2. The Bertz CT molecular complexity index is 537. The summed E-state index contributed by atoms with van der Waals surface area (Å²) in [5.41, 5.74) is 2.52. The summed E-state index contributed by atoms with van der Waals surface area (Å²) < 4.78 is 11.1. The maximum Gasteiger partial charge on any atom is 0.272 e. The summed E-state index contributed by atoms with van der Waals surface area (Å²) in [5.74, 6) is 0.879. The second-order valence-electron chi connectivity index (χ2n) is 6.59. The van der Waals surface area contributed by atoms with Crippen LogP contribution in [0.3, 0.4) is 0 Å². The number of hydrogen-bond acceptors (Lipinski definition) is 4. The fraction of sp³-hybridized carbons (Fsp3) is 0.765. The summed E-state index contributed by atoms with van der Waals surface area (Å²) in [6.07, 6.45) is 3.84. The van der Waals surface area contributed by atoms with E-state index in [0.29, 0.717) is 24.1 Å². The molecule has 6 heteroatoms. The third-order valence-corrected chi connectivity index (χ3v) is 5.27. The molecule has 1 amide bonds. The first-order valence-electron chi connectivity index (χ1n) is 8.71. The van der Waals surface area contributed by atoms with Crippen LogP contribution in [-0.4, -0.2) is 48.6 Å². The molecule has 3 heterocycles. The number of ether oxygens (including phenoxy) is 2. The molecule has 0 aliphatic carbocycles. The van der Waals surface area contributed by atoms with Gasteiger partial charge in [0.2, 0.25) is 0 Å². The minimum atomic E-state index is -0.0672. The van der Waals surface area contributed by atoms with Gasteiger partial charge in [0.15, 0.2) is 5.69 Å². The van der Waals surface area contributed by atoms with Gasteiger partial charge in [-0.25, -0.2) is 0 Å². The zero-order valence-electron chi connectivity index (χ0n) is 14.1. The second kappa shape index (κ2) is 7.45. The van der Waals surface area contributed by atoms with Gasteiger partial charge in [0.05, 0.1) is 6.61 Å². The zero-order valence-corrected chi connectivity index (χ0v) is 14.1. The summed E-state index contributed by atoms with van der Waals surface area (Å²) in [4.78, 5) is 12.6. The smallest absolute Gasteiger partial charge is 0.272 e. The Labute approximate surface area is 137 Å². The zero-order chi connectivity index (χ0) is 16.2. The molecule has 0 bridgehead atoms. The molecule has 2 aliphatic rings. The Balaban J connectivity index is 1.68. The molecule has 0 radical (unpaired) electrons. The standard InChI is InChI=1S/C17H27N3O3/c1-3-14-11(2)16(20-19-14)17(21)18-15-6-9-23-10-13(15)12-4-7-22-8-5-12/h12-13,15H,3-10H2,1-2H3,(H,18,21)(H,19,20)/t13-,15-/m0/s1. The van der Waals surface area contributed by atoms with Crippen LogP contribution < -0.4 is 5.32 Å². The lowest BCUT2D eigenvalue weighted by Gasteiger charge is -2.38. The Morgan fingerprint density at radius 2 is 2.00 bits per heavy atom. The van der Waals surface area contributed by atoms with E-state index in [1.807, 2.05) is 6.92 Å². The number of carbonyl (C=O) groups is 1. The van der Waals surface area contributed by atoms with Gasteiger partial charge in [-0.2, -0.15) is 5.10 Å². The van der Waals surface area contributed by atoms with Gasteiger partial charge in [-0.05, 0) is 38.5 Å². The maximum absolute atomic E-state index is 12.6. The predicted octanol–water partition coefficient (Wildman–Crippen LogP) is 1.84. The molecule has 2 fully saturated rings. The molecular weight excluding hydrogens is 294 g/mol. The van der Waals surface area contributed by atoms with E-state index >= 15 is 0 Å². The number of aromatic nitrogens is 2. The minimum absolute atomic E-state index is 0.0672. The van der Waals surface area contributed by atoms with E-state index in [9.17, 15) is 4.79 Å². The SMILES string of the molecule is CCc1[nH]nc(C(=O)N[C@H]2CCOC[C@H]2C2CCOCC2)c1C. The predicted molar refractivity (Wildman–Crippen MR) is 86.4 cm³/mol. The van der Waals surface area contributed by atoms with Crippen molar-refractivity contribution in [3.63, 3.8) is 0 Å². The molecular formula is C17H27N3O3. The van der Waals surface area contributed by atoms with E-state index in [2.05, 4.69) is 22.4 Å². The summed E-state index contributed by atoms with van der Waals surface area (Å²) in [7, 11) is 0. The minimum Gasteiger partial charge on any atom is -0.381 e. The van der Waals surface area contributed by atoms with Gasteiger partial charge in [0.25, 0.3) is 5.91 Å². The number of H-pyrrole nitrogens is 1. The van der Waals surface area contributed by atoms with Gasteiger partial charge in [0.1, 0.15) is 0 Å². The first-order chi connectivity index (χ1) is 11.2. The Morgan fingerprint density at radius 3 is 2.70 bits per heavy atom. The van der Waals surface area contributed by atoms with Crippen LogP contribution in [0.2, 0.25) is 0 Å². The van der Waals surface area contributed by atoms with Crippen molar-refractivity contribution in [1.82, 2.24) is 15.5 Å². The van der Waals surface area contributed by atoms with E-state index < -0.39 is 0 Å². The van der Waals surface area contributed by atoms with Gasteiger partial charge in [-0.15, -0.1) is 0 Å². The van der Waals surface area contributed by atoms with Crippen LogP contribution in [0.4, 0.5) is 0 Å². The lowest BCUT2D eigenvalue weighted by atomic mass is 9.79. The van der Waals surface area contributed by atoms with Crippen molar-refractivity contribution in [2.75, 3.05) is 26.4 Å². The highest BCUT2D eigenvalue weighted by molar-refractivity contribution is 5.94. The molecule has 2 aliphatic heterocycles. The number of rotatable bonds is 4. The topological polar surface area (TPSA) is 76.2 Å². The number of nitrogens with one attached hydrogen (secondary N) is 2. The third-order valence-electron chi connectivity index (χ3n) is 5.27. The molecule has 2 saturated heterocycles. The largest absolute Gasteiger partial charge is 0.381 e. The molecule has 2 N–H and O–H groups in total. The molecule has 0 saturated carbocycles. The monoisotopic (exact) mass is 321 g/mol. The highest BCUT2D eigenvalue weighted by Crippen LogP contribution is 2.30. The average Bonchev–Trinajstić information content (AvgIpc) is 2.97. The quantitative estimate of drug-likeness (QED) is 0.887. The number of hydrogen-bond donors (Lipinski definition) is 2. The van der Waals surface area contributed by atoms with Gasteiger partial charge in [0, 0.05) is 43.0 Å². The number of amides is 1. The molecule has 6 nitrogen and oxygen atoms in total. The summed E-state index contributed by atoms with van der Waals surface area (Å²) in [6.45, 7) is 7.10. The average molecular weight is 321 g/mol. The van der Waals surface area contributed by atoms with Crippen LogP contribution in [0.5, 0.6) is 0 Å². The molecule has 128 valence electrons. The van der Waals surface area contributed by atoms with Crippen molar-refractivity contribution in [2.24, 2.45) is 11.8 Å². The Morgan fingerprint density at radius 1 is 1.26 bits per heavy atom. The van der Waals surface area contributed by atoms with Gasteiger partial charge < -0.3 is 14.8 Å². The highest BCUT2D eigenvalue weighted by Gasteiger charge is 2.35. The molecule has 0 aromatic carbocycles. The van der Waals surface area contributed by atoms with E-state index in [1.54, 1.807) is 0 Å². The van der Waals surface area contributed by atoms with Crippen LogP contribution in [0, 0.1) is 18.8 Å². The highest BCUT2D eigenvalue weighted by atomic mass is 16.5. The Hall–Kier alpha value is -1.40. The van der Waals surface area contributed by atoms with E-state index in [-0.39, 0.29) is 11.9 Å². The lowest BCUT2D eigenvalue weighted by Crippen LogP contribution is -2.49. The number of aryl methyl sites for hydroxylation is 1. The molecule has 1 aromatic heterocycles. The molecule has 3 rings (SSSR count). The van der Waals surface area contributed by atoms with E-state index in [1.165, 1.54) is 0 Å². The Kier molecular flexibility index (Phi) is 5.33. The molecule has 0 spiro atoms. The third kappa shape index (κ3) is 3.58. The van der Waals surface area contributed by atoms with Crippen molar-refractivity contribution in [3.8, 4) is 0 Å². The van der Waals surface area contributed by atoms with Crippen molar-refractivity contribution < 1.29 is 14.3 Å². The van der Waals surface area contributed by atoms with Crippen LogP contribution in [-0.2, 0) is 15.9 Å². The van der Waals surface area contributed by atoms with Gasteiger partial charge in [-0.1, -0.05) is 6.92 Å². The van der Waals surface area contributed by atoms with Crippen molar-refractivity contribution in [3.05, 3.63) is 17.0 Å². The van der Waals surface area contributed by atoms with Crippen LogP contribution in [0.1, 0.15) is 47.9 Å². The van der Waals surface area contributed by atoms with E-state index in [0.717, 1.165) is 56.8 Å². The molecule has 1 aromatic rings. The van der Waals surface area contributed by atoms with Crippen molar-refractivity contribution in [2.45, 2.75) is 45.6 Å². The number of nitrogens with zero attached hydrogens (tertiary/aromatic N) is 1. The number of carbonyl (C=O) groups excluding carboxylic acids is 1. The first-order valence-corrected chi connectivity index (χ1v) is 8.71. The number of aromatic amines is 1. The lowest BCUT2D eigenvalue weighted by molar-refractivity contribution is -0.0259. The molecule has 2 atom stereocenters. The van der Waals surface area contributed by atoms with Crippen LogP contribution in [0.25, 0.3) is 0 Å². The van der Waals surface area contributed by atoms with Gasteiger partial charge >= 0.3 is 0 Å². The second-order valence-corrected chi connectivity index (χ2v) is 6.59. The summed E-state index contributed by atoms with van der Waals surface area (Å²) >= 11 is 0. The van der Waals surface area contributed by atoms with E-state index in [4.69, 9.17) is 9.47 Å². The maximum atomic E-state index is 12.6. The van der Waals surface area contributed by atoms with Gasteiger partial charge in [-0.3, -0.25) is 9.89 Å².